The van der Waals surface area contributed by atoms with Crippen LogP contribution in [-0.2, 0) is 13.1 Å². The number of amides is 2. The van der Waals surface area contributed by atoms with E-state index in [9.17, 15) is 18.4 Å². The number of pyridine rings is 2. The summed E-state index contributed by atoms with van der Waals surface area (Å²) in [4.78, 5) is 34.9. The third-order valence-electron chi connectivity index (χ3n) is 4.62. The van der Waals surface area contributed by atoms with Crippen molar-refractivity contribution < 1.29 is 27.6 Å². The van der Waals surface area contributed by atoms with Gasteiger partial charge in [-0.05, 0) is 24.6 Å². The highest BCUT2D eigenvalue weighted by molar-refractivity contribution is 6.04. The van der Waals surface area contributed by atoms with Crippen molar-refractivity contribution in [2.75, 3.05) is 11.9 Å². The third kappa shape index (κ3) is 4.34. The molecule has 9 nitrogen and oxygen atoms in total. The Morgan fingerprint density at radius 2 is 2.16 bits per heavy atom. The van der Waals surface area contributed by atoms with Gasteiger partial charge >= 0.3 is 0 Å². The summed E-state index contributed by atoms with van der Waals surface area (Å²) >= 11 is 0. The van der Waals surface area contributed by atoms with Crippen LogP contribution in [0.15, 0.2) is 41.3 Å². The van der Waals surface area contributed by atoms with Crippen molar-refractivity contribution >= 4 is 17.6 Å². The van der Waals surface area contributed by atoms with Crippen LogP contribution in [0.5, 0.6) is 5.88 Å². The minimum Gasteiger partial charge on any atom is -0.471 e. The summed E-state index contributed by atoms with van der Waals surface area (Å²) in [5.74, 6) is -0.329. The fourth-order valence-electron chi connectivity index (χ4n) is 3.24. The molecule has 0 atom stereocenters. The second kappa shape index (κ2) is 8.46. The molecule has 3 aromatic rings. The topological polar surface area (TPSA) is 110 Å². The molecule has 0 fully saturated rings. The largest absolute Gasteiger partial charge is 0.471 e. The normalized spacial score (nSPS) is 12.9. The van der Waals surface area contributed by atoms with Crippen LogP contribution in [0.1, 0.15) is 37.6 Å². The number of alkyl halides is 2. The summed E-state index contributed by atoms with van der Waals surface area (Å²) in [7, 11) is 0. The van der Waals surface area contributed by atoms with Crippen LogP contribution < -0.4 is 10.1 Å². The molecule has 160 valence electrons. The molecule has 1 aliphatic heterocycles. The first-order chi connectivity index (χ1) is 14.9. The molecule has 0 bridgehead atoms. The second-order valence-electron chi connectivity index (χ2n) is 6.85. The van der Waals surface area contributed by atoms with Crippen LogP contribution >= 0.6 is 0 Å². The minimum atomic E-state index is -2.59. The molecule has 0 aliphatic carbocycles. The fraction of sp³-hybridized carbons (Fsp3) is 0.250. The standard InChI is InChI=1S/C20H17F2N5O4/c1-11-6-12(7-24-19(11)30-10-16(21)22)8-27-9-14-13(20(27)29)2-4-23-17(14)26-18(28)15-3-5-25-31-15/h2-7,16H,8-10H2,1H3,(H,23,26,28). The molecule has 2 amide bonds. The van der Waals surface area contributed by atoms with Gasteiger partial charge in [0.15, 0.2) is 6.61 Å². The molecule has 0 saturated heterocycles. The maximum Gasteiger partial charge on any atom is 0.295 e. The van der Waals surface area contributed by atoms with E-state index in [2.05, 4.69) is 20.4 Å². The van der Waals surface area contributed by atoms with E-state index in [1.807, 2.05) is 0 Å². The van der Waals surface area contributed by atoms with Crippen LogP contribution in [-0.4, -0.2) is 44.9 Å². The Bertz CT molecular complexity index is 1120. The van der Waals surface area contributed by atoms with Crippen molar-refractivity contribution in [3.63, 3.8) is 0 Å². The number of nitrogens with one attached hydrogen (secondary N) is 1. The van der Waals surface area contributed by atoms with Gasteiger partial charge in [-0.25, -0.2) is 18.7 Å². The van der Waals surface area contributed by atoms with Crippen molar-refractivity contribution in [2.24, 2.45) is 0 Å². The van der Waals surface area contributed by atoms with Crippen molar-refractivity contribution in [3.05, 3.63) is 64.8 Å². The zero-order valence-electron chi connectivity index (χ0n) is 16.3. The van der Waals surface area contributed by atoms with E-state index in [1.54, 1.807) is 24.0 Å². The van der Waals surface area contributed by atoms with Gasteiger partial charge in [0.05, 0.1) is 12.7 Å². The molecular formula is C20H17F2N5O4. The molecule has 4 rings (SSSR count). The minimum absolute atomic E-state index is 0.0243. The molecule has 31 heavy (non-hydrogen) atoms. The average Bonchev–Trinajstić information content (AvgIpc) is 3.37. The number of rotatable bonds is 7. The number of hydrogen-bond acceptors (Lipinski definition) is 7. The zero-order valence-corrected chi connectivity index (χ0v) is 16.3. The number of aromatic nitrogens is 3. The highest BCUT2D eigenvalue weighted by Crippen LogP contribution is 2.29. The first-order valence-corrected chi connectivity index (χ1v) is 9.28. The van der Waals surface area contributed by atoms with E-state index in [4.69, 9.17) is 9.26 Å². The van der Waals surface area contributed by atoms with Gasteiger partial charge in [-0.2, -0.15) is 0 Å². The Morgan fingerprint density at radius 1 is 1.32 bits per heavy atom. The quantitative estimate of drug-likeness (QED) is 0.615. The van der Waals surface area contributed by atoms with Crippen LogP contribution in [0.3, 0.4) is 0 Å². The molecule has 0 spiro atoms. The van der Waals surface area contributed by atoms with Crippen molar-refractivity contribution in [2.45, 2.75) is 26.4 Å². The fourth-order valence-corrected chi connectivity index (χ4v) is 3.24. The van der Waals surface area contributed by atoms with Crippen LogP contribution in [0.25, 0.3) is 0 Å². The van der Waals surface area contributed by atoms with Crippen molar-refractivity contribution in [1.29, 1.82) is 0 Å². The summed E-state index contributed by atoms with van der Waals surface area (Å²) in [6, 6.07) is 4.74. The molecule has 0 saturated carbocycles. The molecule has 1 aliphatic rings. The average molecular weight is 429 g/mol. The maximum absolute atomic E-state index is 12.8. The Labute approximate surface area is 175 Å². The lowest BCUT2D eigenvalue weighted by Gasteiger charge is -2.16. The van der Waals surface area contributed by atoms with Gasteiger partial charge in [-0.15, -0.1) is 0 Å². The number of nitrogens with zero attached hydrogens (tertiary/aromatic N) is 4. The number of carbonyl (C=O) groups excluding carboxylic acids is 2. The number of anilines is 1. The van der Waals surface area contributed by atoms with E-state index >= 15 is 0 Å². The van der Waals surface area contributed by atoms with Crippen LogP contribution in [0.2, 0.25) is 0 Å². The Kier molecular flexibility index (Phi) is 5.56. The van der Waals surface area contributed by atoms with E-state index in [-0.39, 0.29) is 36.5 Å². The number of hydrogen-bond donors (Lipinski definition) is 1. The van der Waals surface area contributed by atoms with Crippen molar-refractivity contribution in [1.82, 2.24) is 20.0 Å². The molecule has 0 unspecified atom stereocenters. The van der Waals surface area contributed by atoms with Gasteiger partial charge < -0.3 is 19.5 Å². The van der Waals surface area contributed by atoms with Gasteiger partial charge in [0.1, 0.15) is 5.82 Å². The lowest BCUT2D eigenvalue weighted by atomic mass is 10.1. The molecular weight excluding hydrogens is 412 g/mol. The molecule has 4 heterocycles. The first kappa shape index (κ1) is 20.4. The number of ether oxygens (including phenoxy) is 1. The molecule has 3 aromatic heterocycles. The molecule has 1 N–H and O–H groups in total. The summed E-state index contributed by atoms with van der Waals surface area (Å²) in [6.45, 7) is 1.43. The SMILES string of the molecule is Cc1cc(CN2Cc3c(ccnc3NC(=O)c3ccno3)C2=O)cnc1OCC(F)F. The monoisotopic (exact) mass is 429 g/mol. The van der Waals surface area contributed by atoms with Crippen molar-refractivity contribution in [3.8, 4) is 5.88 Å². The Morgan fingerprint density at radius 3 is 2.87 bits per heavy atom. The predicted molar refractivity (Wildman–Crippen MR) is 103 cm³/mol. The van der Waals surface area contributed by atoms with Gasteiger partial charge in [0.25, 0.3) is 18.2 Å². The second-order valence-corrected chi connectivity index (χ2v) is 6.85. The summed E-state index contributed by atoms with van der Waals surface area (Å²) in [6.07, 6.45) is 1.68. The predicted octanol–water partition coefficient (Wildman–Crippen LogP) is 2.83. The molecule has 0 aromatic carbocycles. The highest BCUT2D eigenvalue weighted by Gasteiger charge is 2.31. The number of fused-ring (bicyclic) bond motifs is 1. The molecule has 11 heteroatoms. The van der Waals surface area contributed by atoms with Gasteiger partial charge in [0, 0.05) is 41.7 Å². The maximum atomic E-state index is 12.8. The van der Waals surface area contributed by atoms with E-state index in [0.717, 1.165) is 0 Å². The van der Waals surface area contributed by atoms with E-state index in [1.165, 1.54) is 24.7 Å². The zero-order chi connectivity index (χ0) is 22.0. The number of halogens is 2. The Hall–Kier alpha value is -3.89. The smallest absolute Gasteiger partial charge is 0.295 e. The summed E-state index contributed by atoms with van der Waals surface area (Å²) < 4.78 is 34.5. The lowest BCUT2D eigenvalue weighted by molar-refractivity contribution is 0.0762. The number of carbonyl (C=O) groups is 2. The highest BCUT2D eigenvalue weighted by atomic mass is 19.3. The van der Waals surface area contributed by atoms with Gasteiger partial charge in [-0.1, -0.05) is 5.16 Å². The number of aryl methyl sites for hydroxylation is 1. The summed E-state index contributed by atoms with van der Waals surface area (Å²) in [5, 5.41) is 6.13. The first-order valence-electron chi connectivity index (χ1n) is 9.28. The van der Waals surface area contributed by atoms with Crippen LogP contribution in [0, 0.1) is 6.92 Å². The van der Waals surface area contributed by atoms with E-state index in [0.29, 0.717) is 22.3 Å². The third-order valence-corrected chi connectivity index (χ3v) is 4.62. The van der Waals surface area contributed by atoms with Gasteiger partial charge in [-0.3, -0.25) is 9.59 Å². The summed E-state index contributed by atoms with van der Waals surface area (Å²) in [5.41, 5.74) is 2.32. The molecule has 0 radical (unpaired) electrons. The van der Waals surface area contributed by atoms with Gasteiger partial charge in [0.2, 0.25) is 11.6 Å². The van der Waals surface area contributed by atoms with Crippen LogP contribution in [0.4, 0.5) is 14.6 Å². The Balaban J connectivity index is 1.48. The van der Waals surface area contributed by atoms with E-state index < -0.39 is 18.9 Å². The lowest BCUT2D eigenvalue weighted by Crippen LogP contribution is -2.23.